The molecule has 0 spiro atoms. The zero-order valence-electron chi connectivity index (χ0n) is 14.7. The van der Waals surface area contributed by atoms with Gasteiger partial charge in [-0.1, -0.05) is 81.4 Å². The van der Waals surface area contributed by atoms with E-state index < -0.39 is 0 Å². The molecule has 126 valence electrons. The van der Waals surface area contributed by atoms with Crippen LogP contribution in [0.1, 0.15) is 91.9 Å². The number of unbranched alkanes of at least 4 members (excludes halogenated alkanes) is 5. The fourth-order valence-electron chi connectivity index (χ4n) is 2.03. The van der Waals surface area contributed by atoms with Crippen molar-refractivity contribution in [1.82, 2.24) is 0 Å². The van der Waals surface area contributed by atoms with Gasteiger partial charge in [-0.3, -0.25) is 4.79 Å². The summed E-state index contributed by atoms with van der Waals surface area (Å²) in [5.41, 5.74) is 0.289. The lowest BCUT2D eigenvalue weighted by molar-refractivity contribution is -0.119. The van der Waals surface area contributed by atoms with Crippen LogP contribution in [-0.4, -0.2) is 17.3 Å². The van der Waals surface area contributed by atoms with Gasteiger partial charge in [-0.05, 0) is 24.7 Å². The van der Waals surface area contributed by atoms with Crippen LogP contribution in [-0.2, 0) is 4.79 Å². The molecule has 0 saturated carbocycles. The number of Topliss-reactive ketones (excluding diaryl/α,β-unsaturated/α-hetero) is 1. The van der Waals surface area contributed by atoms with Crippen LogP contribution in [0.25, 0.3) is 0 Å². The lowest BCUT2D eigenvalue weighted by Crippen LogP contribution is -2.08. The van der Waals surface area contributed by atoms with Gasteiger partial charge in [-0.15, -0.1) is 0 Å². The van der Waals surface area contributed by atoms with Crippen molar-refractivity contribution in [3.8, 4) is 0 Å². The highest BCUT2D eigenvalue weighted by Crippen LogP contribution is 2.25. The van der Waals surface area contributed by atoms with Crippen molar-refractivity contribution >= 4 is 27.4 Å². The first-order valence-electron chi connectivity index (χ1n) is 8.72. The minimum absolute atomic E-state index is 0.289. The summed E-state index contributed by atoms with van der Waals surface area (Å²) < 4.78 is 0. The van der Waals surface area contributed by atoms with Gasteiger partial charge in [0, 0.05) is 24.3 Å². The molecular weight excluding hydrogens is 296 g/mol. The van der Waals surface area contributed by atoms with Crippen molar-refractivity contribution < 1.29 is 4.79 Å². The molecule has 0 aliphatic heterocycles. The molecule has 0 radical (unpaired) electrons. The highest BCUT2D eigenvalue weighted by molar-refractivity contribution is 8.76. The van der Waals surface area contributed by atoms with Crippen molar-refractivity contribution in [2.75, 3.05) is 11.5 Å². The highest BCUT2D eigenvalue weighted by Gasteiger charge is 2.12. The van der Waals surface area contributed by atoms with Crippen LogP contribution in [0.5, 0.6) is 0 Å². The van der Waals surface area contributed by atoms with Gasteiger partial charge in [0.15, 0.2) is 0 Å². The average molecular weight is 333 g/mol. The number of hydrogen-bond acceptors (Lipinski definition) is 3. The van der Waals surface area contributed by atoms with Crippen LogP contribution in [0.4, 0.5) is 0 Å². The van der Waals surface area contributed by atoms with Gasteiger partial charge in [0.05, 0.1) is 0 Å². The maximum absolute atomic E-state index is 11.7. The quantitative estimate of drug-likeness (QED) is 0.254. The fraction of sp³-hybridized carbons (Fsp3) is 0.944. The molecule has 21 heavy (non-hydrogen) atoms. The Morgan fingerprint density at radius 3 is 2.00 bits per heavy atom. The van der Waals surface area contributed by atoms with E-state index in [4.69, 9.17) is 0 Å². The molecule has 0 saturated heterocycles. The van der Waals surface area contributed by atoms with Gasteiger partial charge in [-0.25, -0.2) is 0 Å². The van der Waals surface area contributed by atoms with Crippen LogP contribution < -0.4 is 0 Å². The Morgan fingerprint density at radius 2 is 1.38 bits per heavy atom. The molecule has 0 amide bonds. The molecular formula is C18H36OS2. The second-order valence-electron chi connectivity index (χ2n) is 7.11. The van der Waals surface area contributed by atoms with Crippen molar-refractivity contribution in [2.45, 2.75) is 91.9 Å². The van der Waals surface area contributed by atoms with Gasteiger partial charge >= 0.3 is 0 Å². The SMILES string of the molecule is CCCCCCCCSSCCCC(=O)CCC(C)(C)C. The zero-order valence-corrected chi connectivity index (χ0v) is 16.3. The van der Waals surface area contributed by atoms with Gasteiger partial charge in [0.25, 0.3) is 0 Å². The first kappa shape index (κ1) is 21.4. The Kier molecular flexibility index (Phi) is 14.2. The Labute approximate surface area is 141 Å². The van der Waals surface area contributed by atoms with E-state index >= 15 is 0 Å². The van der Waals surface area contributed by atoms with E-state index in [0.717, 1.165) is 31.4 Å². The van der Waals surface area contributed by atoms with E-state index in [0.29, 0.717) is 5.78 Å². The minimum atomic E-state index is 0.289. The number of carbonyl (C=O) groups excluding carboxylic acids is 1. The molecule has 0 N–H and O–H groups in total. The van der Waals surface area contributed by atoms with Crippen LogP contribution in [0.15, 0.2) is 0 Å². The first-order valence-corrected chi connectivity index (χ1v) is 11.2. The molecule has 0 aliphatic carbocycles. The van der Waals surface area contributed by atoms with Gasteiger partial charge in [0.2, 0.25) is 0 Å². The van der Waals surface area contributed by atoms with Crippen LogP contribution >= 0.6 is 21.6 Å². The molecule has 0 aromatic rings. The van der Waals surface area contributed by atoms with E-state index in [2.05, 4.69) is 27.7 Å². The molecule has 0 aliphatic rings. The molecule has 0 heterocycles. The summed E-state index contributed by atoms with van der Waals surface area (Å²) in [4.78, 5) is 11.7. The second-order valence-corrected chi connectivity index (χ2v) is 9.82. The van der Waals surface area contributed by atoms with Crippen molar-refractivity contribution in [3.05, 3.63) is 0 Å². The number of hydrogen-bond donors (Lipinski definition) is 0. The molecule has 1 nitrogen and oxygen atoms in total. The average Bonchev–Trinajstić information content (AvgIpc) is 2.42. The molecule has 0 unspecified atom stereocenters. The molecule has 0 aromatic heterocycles. The third-order valence-corrected chi connectivity index (χ3v) is 6.08. The van der Waals surface area contributed by atoms with Crippen molar-refractivity contribution in [1.29, 1.82) is 0 Å². The fourth-order valence-corrected chi connectivity index (χ4v) is 4.26. The third-order valence-electron chi connectivity index (χ3n) is 3.50. The Bertz CT molecular complexity index is 246. The number of carbonyl (C=O) groups is 1. The summed E-state index contributed by atoms with van der Waals surface area (Å²) in [5.74, 6) is 2.85. The lowest BCUT2D eigenvalue weighted by Gasteiger charge is -2.16. The summed E-state index contributed by atoms with van der Waals surface area (Å²) in [6.07, 6.45) is 11.9. The zero-order chi connectivity index (χ0) is 16.0. The molecule has 0 fully saturated rings. The predicted molar refractivity (Wildman–Crippen MR) is 101 cm³/mol. The minimum Gasteiger partial charge on any atom is -0.300 e. The smallest absolute Gasteiger partial charge is 0.132 e. The molecule has 0 rings (SSSR count). The normalized spacial score (nSPS) is 11.8. The summed E-state index contributed by atoms with van der Waals surface area (Å²) in [6.45, 7) is 8.87. The van der Waals surface area contributed by atoms with E-state index in [1.54, 1.807) is 0 Å². The maximum Gasteiger partial charge on any atom is 0.132 e. The largest absolute Gasteiger partial charge is 0.300 e. The lowest BCUT2D eigenvalue weighted by atomic mass is 9.89. The van der Waals surface area contributed by atoms with Crippen LogP contribution in [0, 0.1) is 5.41 Å². The second kappa shape index (κ2) is 14.0. The molecule has 3 heteroatoms. The third kappa shape index (κ3) is 18.3. The Hall–Kier alpha value is 0.370. The van der Waals surface area contributed by atoms with Crippen molar-refractivity contribution in [3.63, 3.8) is 0 Å². The molecule has 0 bridgehead atoms. The highest BCUT2D eigenvalue weighted by atomic mass is 33.1. The monoisotopic (exact) mass is 332 g/mol. The van der Waals surface area contributed by atoms with E-state index in [9.17, 15) is 4.79 Å². The first-order chi connectivity index (χ1) is 9.95. The standard InChI is InChI=1S/C18H36OS2/c1-5-6-7-8-9-10-15-20-21-16-11-12-17(19)13-14-18(2,3)4/h5-16H2,1-4H3. The van der Waals surface area contributed by atoms with Crippen LogP contribution in [0.2, 0.25) is 0 Å². The van der Waals surface area contributed by atoms with Crippen LogP contribution in [0.3, 0.4) is 0 Å². The molecule has 0 atom stereocenters. The topological polar surface area (TPSA) is 17.1 Å². The van der Waals surface area contributed by atoms with Gasteiger partial charge < -0.3 is 0 Å². The maximum atomic E-state index is 11.7. The predicted octanol–water partition coefficient (Wildman–Crippen LogP) is 6.90. The number of rotatable bonds is 14. The van der Waals surface area contributed by atoms with Crippen molar-refractivity contribution in [2.24, 2.45) is 5.41 Å². The summed E-state index contributed by atoms with van der Waals surface area (Å²) in [5, 5.41) is 0. The van der Waals surface area contributed by atoms with Gasteiger partial charge in [0.1, 0.15) is 5.78 Å². The van der Waals surface area contributed by atoms with E-state index in [-0.39, 0.29) is 5.41 Å². The summed E-state index contributed by atoms with van der Waals surface area (Å²) in [6, 6.07) is 0. The van der Waals surface area contributed by atoms with E-state index in [1.165, 1.54) is 44.3 Å². The summed E-state index contributed by atoms with van der Waals surface area (Å²) in [7, 11) is 3.94. The Morgan fingerprint density at radius 1 is 0.810 bits per heavy atom. The van der Waals surface area contributed by atoms with Gasteiger partial charge in [-0.2, -0.15) is 0 Å². The van der Waals surface area contributed by atoms with E-state index in [1.807, 2.05) is 21.6 Å². The number of ketones is 1. The Balaban J connectivity index is 3.20. The summed E-state index contributed by atoms with van der Waals surface area (Å²) >= 11 is 0. The molecule has 0 aromatic carbocycles.